The molecule has 0 aromatic carbocycles. The number of carbonyl (C=O) groups is 1. The van der Waals surface area contributed by atoms with Gasteiger partial charge in [0.2, 0.25) is 5.91 Å². The Morgan fingerprint density at radius 2 is 1.91 bits per heavy atom. The monoisotopic (exact) mass is 450 g/mol. The Bertz CT molecular complexity index is 512. The van der Waals surface area contributed by atoms with Crippen molar-refractivity contribution in [2.75, 3.05) is 26.2 Å². The molecule has 0 radical (unpaired) electrons. The highest BCUT2D eigenvalue weighted by molar-refractivity contribution is 14.0. The summed E-state index contributed by atoms with van der Waals surface area (Å²) in [5.41, 5.74) is 0. The first-order valence-corrected chi connectivity index (χ1v) is 8.92. The van der Waals surface area contributed by atoms with Gasteiger partial charge in [-0.2, -0.15) is 0 Å². The van der Waals surface area contributed by atoms with Crippen LogP contribution >= 0.6 is 35.3 Å². The van der Waals surface area contributed by atoms with Crippen LogP contribution in [0.5, 0.6) is 0 Å². The number of thiophene rings is 1. The molecule has 1 fully saturated rings. The fraction of sp³-hybridized carbons (Fsp3) is 0.625. The molecule has 2 rings (SSSR count). The molecule has 23 heavy (non-hydrogen) atoms. The second kappa shape index (κ2) is 10.9. The second-order valence-corrected chi connectivity index (χ2v) is 6.61. The molecule has 0 saturated carbocycles. The van der Waals surface area contributed by atoms with Gasteiger partial charge in [-0.15, -0.1) is 35.3 Å². The normalized spacial score (nSPS) is 14.5. The third-order valence-corrected chi connectivity index (χ3v) is 4.90. The lowest BCUT2D eigenvalue weighted by Gasteiger charge is -2.15. The van der Waals surface area contributed by atoms with Gasteiger partial charge in [0.1, 0.15) is 6.54 Å². The molecule has 2 heterocycles. The molecule has 1 amide bonds. The van der Waals surface area contributed by atoms with Crippen molar-refractivity contribution in [3.8, 4) is 0 Å². The van der Waals surface area contributed by atoms with E-state index in [4.69, 9.17) is 0 Å². The number of halogens is 1. The Labute approximate surface area is 160 Å². The number of aryl methyl sites for hydroxylation is 1. The zero-order valence-corrected chi connectivity index (χ0v) is 17.1. The van der Waals surface area contributed by atoms with Crippen molar-refractivity contribution in [3.05, 3.63) is 21.9 Å². The topological polar surface area (TPSA) is 56.7 Å². The van der Waals surface area contributed by atoms with Gasteiger partial charge in [0.05, 0.1) is 6.54 Å². The summed E-state index contributed by atoms with van der Waals surface area (Å²) >= 11 is 1.82. The van der Waals surface area contributed by atoms with Crippen molar-refractivity contribution >= 4 is 47.2 Å². The highest BCUT2D eigenvalue weighted by Crippen LogP contribution is 2.16. The first-order chi connectivity index (χ1) is 10.7. The van der Waals surface area contributed by atoms with Crippen LogP contribution in [-0.4, -0.2) is 42.9 Å². The third kappa shape index (κ3) is 6.66. The Morgan fingerprint density at radius 1 is 1.22 bits per heavy atom. The molecule has 0 bridgehead atoms. The maximum atomic E-state index is 12.0. The van der Waals surface area contributed by atoms with Gasteiger partial charge < -0.3 is 15.5 Å². The number of hydrogen-bond donors (Lipinski definition) is 2. The van der Waals surface area contributed by atoms with E-state index >= 15 is 0 Å². The summed E-state index contributed by atoms with van der Waals surface area (Å²) in [5.74, 6) is 0.834. The molecule has 1 aromatic rings. The van der Waals surface area contributed by atoms with Gasteiger partial charge in [-0.3, -0.25) is 4.79 Å². The smallest absolute Gasteiger partial charge is 0.244 e. The fourth-order valence-corrected chi connectivity index (χ4v) is 3.33. The van der Waals surface area contributed by atoms with Crippen molar-refractivity contribution in [3.63, 3.8) is 0 Å². The number of guanidine groups is 1. The van der Waals surface area contributed by atoms with E-state index in [1.807, 2.05) is 23.2 Å². The Hall–Kier alpha value is -0.830. The Morgan fingerprint density at radius 3 is 2.52 bits per heavy atom. The predicted octanol–water partition coefficient (Wildman–Crippen LogP) is 2.61. The number of aliphatic imine (C=N–C) groups is 1. The molecule has 5 nitrogen and oxygen atoms in total. The molecular weight excluding hydrogens is 423 g/mol. The standard InChI is InChI=1S/C16H26N4OS.HI/c1-3-13-7-8-14(22-13)11-18-16(17-4-2)19-12-15(21)20-9-5-6-10-20;/h7-8H,3-6,9-12H2,1-2H3,(H2,17,18,19);1H. The molecule has 1 saturated heterocycles. The van der Waals surface area contributed by atoms with Gasteiger partial charge in [0, 0.05) is 29.4 Å². The van der Waals surface area contributed by atoms with E-state index in [-0.39, 0.29) is 36.4 Å². The molecule has 0 spiro atoms. The molecule has 1 aliphatic heterocycles. The maximum absolute atomic E-state index is 12.0. The first-order valence-electron chi connectivity index (χ1n) is 8.10. The molecular formula is C16H27IN4OS. The zero-order chi connectivity index (χ0) is 15.8. The molecule has 130 valence electrons. The highest BCUT2D eigenvalue weighted by atomic mass is 127. The molecule has 1 aromatic heterocycles. The summed E-state index contributed by atoms with van der Waals surface area (Å²) in [5, 5.41) is 6.49. The van der Waals surface area contributed by atoms with E-state index in [1.54, 1.807) is 0 Å². The second-order valence-electron chi connectivity index (χ2n) is 5.36. The van der Waals surface area contributed by atoms with Crippen LogP contribution in [0.3, 0.4) is 0 Å². The minimum atomic E-state index is 0. The maximum Gasteiger partial charge on any atom is 0.244 e. The number of likely N-dealkylation sites (tertiary alicyclic amines) is 1. The lowest BCUT2D eigenvalue weighted by Crippen LogP contribution is -2.38. The van der Waals surface area contributed by atoms with Crippen LogP contribution in [0, 0.1) is 0 Å². The van der Waals surface area contributed by atoms with Crippen LogP contribution in [0.1, 0.15) is 36.4 Å². The molecule has 0 unspecified atom stereocenters. The SMILES string of the molecule is CCNC(=NCC(=O)N1CCCC1)NCc1ccc(CC)s1.I. The third-order valence-electron chi connectivity index (χ3n) is 3.67. The van der Waals surface area contributed by atoms with E-state index in [2.05, 4.69) is 34.7 Å². The van der Waals surface area contributed by atoms with Gasteiger partial charge in [0.15, 0.2) is 5.96 Å². The fourth-order valence-electron chi connectivity index (χ4n) is 2.43. The van der Waals surface area contributed by atoms with E-state index in [1.165, 1.54) is 9.75 Å². The van der Waals surface area contributed by atoms with Crippen molar-refractivity contribution in [1.29, 1.82) is 0 Å². The van der Waals surface area contributed by atoms with Gasteiger partial charge >= 0.3 is 0 Å². The highest BCUT2D eigenvalue weighted by Gasteiger charge is 2.17. The lowest BCUT2D eigenvalue weighted by molar-refractivity contribution is -0.128. The van der Waals surface area contributed by atoms with E-state index < -0.39 is 0 Å². The van der Waals surface area contributed by atoms with Crippen molar-refractivity contribution < 1.29 is 4.79 Å². The van der Waals surface area contributed by atoms with Crippen molar-refractivity contribution in [2.24, 2.45) is 4.99 Å². The first kappa shape index (κ1) is 20.2. The van der Waals surface area contributed by atoms with Crippen LogP contribution in [0.15, 0.2) is 17.1 Å². The van der Waals surface area contributed by atoms with Gasteiger partial charge in [0.25, 0.3) is 0 Å². The average Bonchev–Trinajstić information content (AvgIpc) is 3.20. The molecule has 1 aliphatic rings. The van der Waals surface area contributed by atoms with E-state index in [9.17, 15) is 4.79 Å². The van der Waals surface area contributed by atoms with Crippen LogP contribution in [0.25, 0.3) is 0 Å². The van der Waals surface area contributed by atoms with Crippen LogP contribution in [0.2, 0.25) is 0 Å². The van der Waals surface area contributed by atoms with Crippen molar-refractivity contribution in [2.45, 2.75) is 39.7 Å². The Balaban J connectivity index is 0.00000264. The van der Waals surface area contributed by atoms with Crippen LogP contribution in [-0.2, 0) is 17.8 Å². The van der Waals surface area contributed by atoms with Crippen LogP contribution < -0.4 is 10.6 Å². The lowest BCUT2D eigenvalue weighted by atomic mass is 10.4. The number of carbonyl (C=O) groups excluding carboxylic acids is 1. The minimum absolute atomic E-state index is 0. The average molecular weight is 450 g/mol. The summed E-state index contributed by atoms with van der Waals surface area (Å²) in [6.45, 7) is 7.71. The minimum Gasteiger partial charge on any atom is -0.357 e. The number of nitrogens with one attached hydrogen (secondary N) is 2. The largest absolute Gasteiger partial charge is 0.357 e. The van der Waals surface area contributed by atoms with Crippen molar-refractivity contribution in [1.82, 2.24) is 15.5 Å². The summed E-state index contributed by atoms with van der Waals surface area (Å²) in [7, 11) is 0. The van der Waals surface area contributed by atoms with Gasteiger partial charge in [-0.25, -0.2) is 4.99 Å². The number of nitrogens with zero attached hydrogens (tertiary/aromatic N) is 2. The van der Waals surface area contributed by atoms with E-state index in [0.29, 0.717) is 5.96 Å². The molecule has 2 N–H and O–H groups in total. The predicted molar refractivity (Wildman–Crippen MR) is 108 cm³/mol. The van der Waals surface area contributed by atoms with Gasteiger partial charge in [-0.1, -0.05) is 6.92 Å². The number of rotatable bonds is 6. The summed E-state index contributed by atoms with van der Waals surface area (Å²) in [4.78, 5) is 21.0. The zero-order valence-electron chi connectivity index (χ0n) is 13.9. The van der Waals surface area contributed by atoms with E-state index in [0.717, 1.165) is 45.4 Å². The quantitative estimate of drug-likeness (QED) is 0.398. The van der Waals surface area contributed by atoms with Crippen LogP contribution in [0.4, 0.5) is 0 Å². The summed E-state index contributed by atoms with van der Waals surface area (Å²) in [6.07, 6.45) is 3.31. The molecule has 0 aliphatic carbocycles. The van der Waals surface area contributed by atoms with Gasteiger partial charge in [-0.05, 0) is 38.3 Å². The molecule has 7 heteroatoms. The summed E-state index contributed by atoms with van der Waals surface area (Å²) < 4.78 is 0. The summed E-state index contributed by atoms with van der Waals surface area (Å²) in [6, 6.07) is 4.32. The number of hydrogen-bond acceptors (Lipinski definition) is 3. The Kier molecular flexibility index (Phi) is 9.54. The molecule has 0 atom stereocenters. The number of amides is 1.